The zero-order valence-electron chi connectivity index (χ0n) is 15.2. The molecule has 0 saturated heterocycles. The Morgan fingerprint density at radius 2 is 1.86 bits per heavy atom. The highest BCUT2D eigenvalue weighted by Crippen LogP contribution is 2.22. The van der Waals surface area contributed by atoms with E-state index < -0.39 is 0 Å². The molecule has 0 radical (unpaired) electrons. The van der Waals surface area contributed by atoms with E-state index in [0.29, 0.717) is 41.0 Å². The number of anilines is 1. The molecule has 0 saturated carbocycles. The van der Waals surface area contributed by atoms with E-state index in [4.69, 9.17) is 27.9 Å². The second kappa shape index (κ2) is 9.87. The van der Waals surface area contributed by atoms with Crippen molar-refractivity contribution in [1.29, 1.82) is 0 Å². The van der Waals surface area contributed by atoms with E-state index in [-0.39, 0.29) is 5.91 Å². The number of nitrogens with zero attached hydrogens (tertiary/aromatic N) is 2. The number of aryl methyl sites for hydroxylation is 1. The second-order valence-corrected chi connectivity index (χ2v) is 8.15. The minimum absolute atomic E-state index is 0.106. The molecule has 0 aliphatic heterocycles. The van der Waals surface area contributed by atoms with Crippen LogP contribution in [0.4, 0.5) is 5.13 Å². The molecule has 1 aromatic heterocycles. The number of nitrogens with one attached hydrogen (secondary N) is 1. The molecule has 8 heteroatoms. The van der Waals surface area contributed by atoms with E-state index in [1.807, 2.05) is 43.3 Å². The van der Waals surface area contributed by atoms with Gasteiger partial charge in [-0.1, -0.05) is 46.7 Å². The first-order valence-corrected chi connectivity index (χ1v) is 10.3. The number of carbonyl (C=O) groups excluding carboxylic acids is 1. The number of hydrogen-bond acceptors (Lipinski definition) is 5. The zero-order chi connectivity index (χ0) is 19.9. The molecule has 0 spiro atoms. The summed E-state index contributed by atoms with van der Waals surface area (Å²) in [5, 5.41) is 13.7. The summed E-state index contributed by atoms with van der Waals surface area (Å²) < 4.78 is 5.70. The van der Waals surface area contributed by atoms with E-state index >= 15 is 0 Å². The van der Waals surface area contributed by atoms with Crippen LogP contribution in [0.2, 0.25) is 10.0 Å². The van der Waals surface area contributed by atoms with Crippen LogP contribution in [0.15, 0.2) is 42.5 Å². The van der Waals surface area contributed by atoms with Crippen molar-refractivity contribution in [3.8, 4) is 5.75 Å². The third-order valence-electron chi connectivity index (χ3n) is 3.92. The molecular formula is C20H19Cl2N3O2S. The summed E-state index contributed by atoms with van der Waals surface area (Å²) in [5.74, 6) is 0.673. The van der Waals surface area contributed by atoms with Gasteiger partial charge in [-0.05, 0) is 54.8 Å². The van der Waals surface area contributed by atoms with Crippen molar-refractivity contribution in [2.24, 2.45) is 0 Å². The zero-order valence-corrected chi connectivity index (χ0v) is 17.6. The molecule has 5 nitrogen and oxygen atoms in total. The van der Waals surface area contributed by atoms with Crippen molar-refractivity contribution in [2.45, 2.75) is 26.2 Å². The molecule has 0 atom stereocenters. The van der Waals surface area contributed by atoms with Crippen molar-refractivity contribution in [1.82, 2.24) is 10.2 Å². The number of ether oxygens (including phenoxy) is 1. The van der Waals surface area contributed by atoms with E-state index in [1.54, 1.807) is 6.07 Å². The average molecular weight is 436 g/mol. The lowest BCUT2D eigenvalue weighted by atomic mass is 10.2. The fourth-order valence-corrected chi connectivity index (χ4v) is 3.67. The van der Waals surface area contributed by atoms with Crippen LogP contribution in [0.25, 0.3) is 0 Å². The standard InChI is InChI=1S/C20H19Cl2N3O2S/c1-13-11-16(22)8-9-17(13)27-10-2-3-18(26)23-20-25-24-19(28-20)12-14-4-6-15(21)7-5-14/h4-9,11H,2-3,10,12H2,1H3,(H,23,25,26). The van der Waals surface area contributed by atoms with Gasteiger partial charge in [-0.2, -0.15) is 0 Å². The van der Waals surface area contributed by atoms with E-state index in [0.717, 1.165) is 21.9 Å². The SMILES string of the molecule is Cc1cc(Cl)ccc1OCCCC(=O)Nc1nnc(Cc2ccc(Cl)cc2)s1. The van der Waals surface area contributed by atoms with Crippen molar-refractivity contribution >= 4 is 45.6 Å². The fraction of sp³-hybridized carbons (Fsp3) is 0.250. The molecule has 1 N–H and O–H groups in total. The number of rotatable bonds is 8. The molecular weight excluding hydrogens is 417 g/mol. The van der Waals surface area contributed by atoms with Gasteiger partial charge in [-0.15, -0.1) is 10.2 Å². The molecule has 0 unspecified atom stereocenters. The summed E-state index contributed by atoms with van der Waals surface area (Å²) >= 11 is 13.2. The number of carbonyl (C=O) groups is 1. The van der Waals surface area contributed by atoms with E-state index in [9.17, 15) is 4.79 Å². The van der Waals surface area contributed by atoms with Crippen molar-refractivity contribution in [3.63, 3.8) is 0 Å². The molecule has 28 heavy (non-hydrogen) atoms. The van der Waals surface area contributed by atoms with Gasteiger partial charge < -0.3 is 10.1 Å². The van der Waals surface area contributed by atoms with Crippen LogP contribution in [-0.2, 0) is 11.2 Å². The molecule has 3 aromatic rings. The van der Waals surface area contributed by atoms with Crippen molar-refractivity contribution in [2.75, 3.05) is 11.9 Å². The van der Waals surface area contributed by atoms with E-state index in [2.05, 4.69) is 15.5 Å². The summed E-state index contributed by atoms with van der Waals surface area (Å²) in [7, 11) is 0. The maximum atomic E-state index is 12.1. The van der Waals surface area contributed by atoms with Gasteiger partial charge in [0.15, 0.2) is 0 Å². The van der Waals surface area contributed by atoms with Crippen LogP contribution < -0.4 is 10.1 Å². The average Bonchev–Trinajstić information content (AvgIpc) is 3.09. The third-order valence-corrected chi connectivity index (χ3v) is 5.25. The van der Waals surface area contributed by atoms with Crippen LogP contribution in [0.3, 0.4) is 0 Å². The maximum absolute atomic E-state index is 12.1. The summed E-state index contributed by atoms with van der Waals surface area (Å²) in [6.07, 6.45) is 1.60. The predicted molar refractivity (Wildman–Crippen MR) is 114 cm³/mol. The number of aromatic nitrogens is 2. The predicted octanol–water partition coefficient (Wildman–Crippen LogP) is 5.54. The highest BCUT2D eigenvalue weighted by molar-refractivity contribution is 7.15. The monoisotopic (exact) mass is 435 g/mol. The number of hydrogen-bond donors (Lipinski definition) is 1. The maximum Gasteiger partial charge on any atom is 0.226 e. The number of amides is 1. The Labute approximate surface area is 177 Å². The van der Waals surface area contributed by atoms with Gasteiger partial charge in [-0.3, -0.25) is 4.79 Å². The van der Waals surface area contributed by atoms with Gasteiger partial charge in [0.1, 0.15) is 10.8 Å². The molecule has 0 fully saturated rings. The first-order valence-electron chi connectivity index (χ1n) is 8.75. The van der Waals surface area contributed by atoms with Gasteiger partial charge in [0, 0.05) is 22.9 Å². The normalized spacial score (nSPS) is 10.7. The summed E-state index contributed by atoms with van der Waals surface area (Å²) in [4.78, 5) is 12.1. The Morgan fingerprint density at radius 1 is 1.11 bits per heavy atom. The first kappa shape index (κ1) is 20.6. The van der Waals surface area contributed by atoms with Crippen LogP contribution in [-0.4, -0.2) is 22.7 Å². The minimum Gasteiger partial charge on any atom is -0.493 e. The minimum atomic E-state index is -0.106. The molecule has 0 aliphatic rings. The van der Waals surface area contributed by atoms with Crippen LogP contribution in [0, 0.1) is 6.92 Å². The number of halogens is 2. The lowest BCUT2D eigenvalue weighted by Gasteiger charge is -2.09. The third kappa shape index (κ3) is 6.19. The second-order valence-electron chi connectivity index (χ2n) is 6.21. The lowest BCUT2D eigenvalue weighted by Crippen LogP contribution is -2.12. The smallest absolute Gasteiger partial charge is 0.226 e. The molecule has 2 aromatic carbocycles. The van der Waals surface area contributed by atoms with Gasteiger partial charge in [0.2, 0.25) is 11.0 Å². The topological polar surface area (TPSA) is 64.1 Å². The number of benzene rings is 2. The summed E-state index contributed by atoms with van der Waals surface area (Å²) in [5.41, 5.74) is 2.06. The highest BCUT2D eigenvalue weighted by Gasteiger charge is 2.09. The van der Waals surface area contributed by atoms with Crippen LogP contribution >= 0.6 is 34.5 Å². The van der Waals surface area contributed by atoms with Gasteiger partial charge >= 0.3 is 0 Å². The molecule has 3 rings (SSSR count). The van der Waals surface area contributed by atoms with Crippen LogP contribution in [0.1, 0.15) is 29.0 Å². The first-order chi connectivity index (χ1) is 13.5. The highest BCUT2D eigenvalue weighted by atomic mass is 35.5. The lowest BCUT2D eigenvalue weighted by molar-refractivity contribution is -0.116. The summed E-state index contributed by atoms with van der Waals surface area (Å²) in [6, 6.07) is 13.0. The van der Waals surface area contributed by atoms with E-state index in [1.165, 1.54) is 11.3 Å². The van der Waals surface area contributed by atoms with Gasteiger partial charge in [0.05, 0.1) is 6.61 Å². The Hall–Kier alpha value is -2.15. The van der Waals surface area contributed by atoms with Gasteiger partial charge in [-0.25, -0.2) is 0 Å². The molecule has 0 bridgehead atoms. The molecule has 0 aliphatic carbocycles. The summed E-state index contributed by atoms with van der Waals surface area (Å²) in [6.45, 7) is 2.39. The molecule has 146 valence electrons. The molecule has 1 amide bonds. The Bertz CT molecular complexity index is 945. The Balaban J connectivity index is 1.41. The fourth-order valence-electron chi connectivity index (χ4n) is 2.52. The van der Waals surface area contributed by atoms with Crippen LogP contribution in [0.5, 0.6) is 5.75 Å². The molecule has 1 heterocycles. The Kier molecular flexibility index (Phi) is 7.25. The van der Waals surface area contributed by atoms with Gasteiger partial charge in [0.25, 0.3) is 0 Å². The largest absolute Gasteiger partial charge is 0.493 e. The Morgan fingerprint density at radius 3 is 2.61 bits per heavy atom. The van der Waals surface area contributed by atoms with Crippen molar-refractivity contribution < 1.29 is 9.53 Å². The quantitative estimate of drug-likeness (QED) is 0.471. The van der Waals surface area contributed by atoms with Crippen molar-refractivity contribution in [3.05, 3.63) is 68.6 Å².